The van der Waals surface area contributed by atoms with Crippen molar-refractivity contribution in [3.05, 3.63) is 30.0 Å². The molecule has 2 aromatic rings. The number of hydrogen-bond donors (Lipinski definition) is 2. The van der Waals surface area contributed by atoms with Crippen LogP contribution < -0.4 is 20.1 Å². The molecule has 7 nitrogen and oxygen atoms in total. The van der Waals surface area contributed by atoms with Crippen molar-refractivity contribution < 1.29 is 9.47 Å². The molecule has 1 fully saturated rings. The monoisotopic (exact) mass is 371 g/mol. The highest BCUT2D eigenvalue weighted by atomic mass is 16.5. The minimum absolute atomic E-state index is 0.463. The molecule has 0 amide bonds. The number of ether oxygens (including phenoxy) is 2. The van der Waals surface area contributed by atoms with Gasteiger partial charge in [0.25, 0.3) is 0 Å². The minimum atomic E-state index is 0.463. The van der Waals surface area contributed by atoms with Crippen LogP contribution in [0.1, 0.15) is 19.0 Å². The van der Waals surface area contributed by atoms with E-state index in [2.05, 4.69) is 32.4 Å². The maximum Gasteiger partial charge on any atom is 0.229 e. The topological polar surface area (TPSA) is 71.5 Å². The Morgan fingerprint density at radius 3 is 2.67 bits per heavy atom. The molecule has 1 atom stereocenters. The summed E-state index contributed by atoms with van der Waals surface area (Å²) in [7, 11) is 3.49. The van der Waals surface area contributed by atoms with Gasteiger partial charge in [-0.05, 0) is 38.6 Å². The van der Waals surface area contributed by atoms with Crippen LogP contribution >= 0.6 is 0 Å². The van der Waals surface area contributed by atoms with E-state index in [1.54, 1.807) is 7.11 Å². The number of nitrogens with one attached hydrogen (secondary N) is 2. The van der Waals surface area contributed by atoms with Gasteiger partial charge < -0.3 is 25.0 Å². The molecule has 3 rings (SSSR count). The van der Waals surface area contributed by atoms with Crippen molar-refractivity contribution in [1.82, 2.24) is 14.9 Å². The number of methoxy groups -OCH3 is 1. The molecule has 2 heterocycles. The van der Waals surface area contributed by atoms with Gasteiger partial charge in [0.05, 0.1) is 13.7 Å². The molecule has 0 radical (unpaired) electrons. The van der Waals surface area contributed by atoms with Gasteiger partial charge >= 0.3 is 0 Å². The van der Waals surface area contributed by atoms with Gasteiger partial charge in [0, 0.05) is 43.0 Å². The number of benzene rings is 1. The number of anilines is 3. The summed E-state index contributed by atoms with van der Waals surface area (Å²) in [5.74, 6) is 3.22. The predicted octanol–water partition coefficient (Wildman–Crippen LogP) is 3.30. The van der Waals surface area contributed by atoms with Crippen molar-refractivity contribution in [3.63, 3.8) is 0 Å². The van der Waals surface area contributed by atoms with E-state index in [0.29, 0.717) is 18.5 Å². The molecule has 146 valence electrons. The van der Waals surface area contributed by atoms with Crippen molar-refractivity contribution in [2.45, 2.75) is 20.3 Å². The maximum absolute atomic E-state index is 6.06. The van der Waals surface area contributed by atoms with Gasteiger partial charge in [0.15, 0.2) is 11.5 Å². The van der Waals surface area contributed by atoms with Crippen molar-refractivity contribution in [2.24, 2.45) is 5.92 Å². The molecular weight excluding hydrogens is 342 g/mol. The fourth-order valence-electron chi connectivity index (χ4n) is 3.04. The van der Waals surface area contributed by atoms with Gasteiger partial charge in [0.2, 0.25) is 5.95 Å². The molecule has 7 heteroatoms. The van der Waals surface area contributed by atoms with Gasteiger partial charge in [-0.1, -0.05) is 6.92 Å². The van der Waals surface area contributed by atoms with E-state index in [4.69, 9.17) is 9.47 Å². The van der Waals surface area contributed by atoms with Crippen LogP contribution in [-0.4, -0.2) is 55.3 Å². The standard InChI is InChI=1S/C20H29N5O2/c1-14(12-25-8-5-9-25)13-27-18-11-16(6-7-17(18)26-4)23-20-22-15(2)10-19(21-3)24-20/h6-7,10-11,14H,5,8-9,12-13H2,1-4H3,(H2,21,22,23,24)/t14-/m1/s1. The highest BCUT2D eigenvalue weighted by Crippen LogP contribution is 2.31. The third-order valence-electron chi connectivity index (χ3n) is 4.57. The van der Waals surface area contributed by atoms with Crippen molar-refractivity contribution in [3.8, 4) is 11.5 Å². The zero-order chi connectivity index (χ0) is 19.2. The molecule has 1 aromatic carbocycles. The number of likely N-dealkylation sites (tertiary alicyclic amines) is 1. The minimum Gasteiger partial charge on any atom is -0.493 e. The Balaban J connectivity index is 1.68. The van der Waals surface area contributed by atoms with E-state index in [0.717, 1.165) is 35.2 Å². The molecule has 1 aliphatic rings. The number of aromatic nitrogens is 2. The Morgan fingerprint density at radius 2 is 2.00 bits per heavy atom. The van der Waals surface area contributed by atoms with E-state index >= 15 is 0 Å². The second-order valence-corrected chi connectivity index (χ2v) is 7.03. The molecule has 27 heavy (non-hydrogen) atoms. The van der Waals surface area contributed by atoms with E-state index in [-0.39, 0.29) is 0 Å². The summed E-state index contributed by atoms with van der Waals surface area (Å²) < 4.78 is 11.5. The van der Waals surface area contributed by atoms with Crippen LogP contribution in [0.3, 0.4) is 0 Å². The largest absolute Gasteiger partial charge is 0.493 e. The quantitative estimate of drug-likeness (QED) is 0.701. The number of aryl methyl sites for hydroxylation is 1. The average Bonchev–Trinajstić information content (AvgIpc) is 2.62. The molecule has 2 N–H and O–H groups in total. The fourth-order valence-corrected chi connectivity index (χ4v) is 3.04. The molecule has 0 bridgehead atoms. The van der Waals surface area contributed by atoms with Gasteiger partial charge in [-0.15, -0.1) is 0 Å². The SMILES string of the molecule is CNc1cc(C)nc(Nc2ccc(OC)c(OC[C@H](C)CN3CCC3)c2)n1. The Kier molecular flexibility index (Phi) is 6.34. The molecule has 1 aromatic heterocycles. The summed E-state index contributed by atoms with van der Waals surface area (Å²) in [5.41, 5.74) is 1.75. The highest BCUT2D eigenvalue weighted by molar-refractivity contribution is 5.60. The van der Waals surface area contributed by atoms with Gasteiger partial charge in [0.1, 0.15) is 5.82 Å². The van der Waals surface area contributed by atoms with E-state index in [9.17, 15) is 0 Å². The molecular formula is C20H29N5O2. The summed E-state index contributed by atoms with van der Waals surface area (Å²) in [6, 6.07) is 7.65. The number of nitrogens with zero attached hydrogens (tertiary/aromatic N) is 3. The van der Waals surface area contributed by atoms with Crippen LogP contribution in [0, 0.1) is 12.8 Å². The summed E-state index contributed by atoms with van der Waals surface area (Å²) >= 11 is 0. The lowest BCUT2D eigenvalue weighted by Crippen LogP contribution is -2.41. The molecule has 0 unspecified atom stereocenters. The highest BCUT2D eigenvalue weighted by Gasteiger charge is 2.17. The van der Waals surface area contributed by atoms with Crippen molar-refractivity contribution in [2.75, 3.05) is 51.0 Å². The second-order valence-electron chi connectivity index (χ2n) is 7.03. The molecule has 0 aliphatic carbocycles. The first-order valence-electron chi connectivity index (χ1n) is 9.41. The smallest absolute Gasteiger partial charge is 0.229 e. The van der Waals surface area contributed by atoms with Crippen molar-refractivity contribution >= 4 is 17.5 Å². The Morgan fingerprint density at radius 1 is 1.19 bits per heavy atom. The van der Waals surface area contributed by atoms with E-state index < -0.39 is 0 Å². The average molecular weight is 371 g/mol. The lowest BCUT2D eigenvalue weighted by atomic mass is 10.1. The number of rotatable bonds is 9. The first-order valence-corrected chi connectivity index (χ1v) is 9.41. The first kappa shape index (κ1) is 19.2. The Hall–Kier alpha value is -2.54. The van der Waals surface area contributed by atoms with Gasteiger partial charge in [-0.3, -0.25) is 0 Å². The second kappa shape index (κ2) is 8.90. The molecule has 1 saturated heterocycles. The normalized spacial score (nSPS) is 15.0. The third-order valence-corrected chi connectivity index (χ3v) is 4.57. The summed E-state index contributed by atoms with van der Waals surface area (Å²) in [6.45, 7) is 8.30. The van der Waals surface area contributed by atoms with E-state index in [1.165, 1.54) is 19.5 Å². The zero-order valence-electron chi connectivity index (χ0n) is 16.6. The molecule has 1 aliphatic heterocycles. The van der Waals surface area contributed by atoms with E-state index in [1.807, 2.05) is 38.2 Å². The van der Waals surface area contributed by atoms with Crippen LogP contribution in [0.2, 0.25) is 0 Å². The maximum atomic E-state index is 6.06. The van der Waals surface area contributed by atoms with Gasteiger partial charge in [-0.2, -0.15) is 4.98 Å². The summed E-state index contributed by atoms with van der Waals surface area (Å²) in [6.07, 6.45) is 1.31. The van der Waals surface area contributed by atoms with Crippen molar-refractivity contribution in [1.29, 1.82) is 0 Å². The predicted molar refractivity (Wildman–Crippen MR) is 108 cm³/mol. The Bertz CT molecular complexity index is 764. The lowest BCUT2D eigenvalue weighted by molar-refractivity contribution is 0.131. The van der Waals surface area contributed by atoms with Crippen LogP contribution in [0.15, 0.2) is 24.3 Å². The third kappa shape index (κ3) is 5.23. The zero-order valence-corrected chi connectivity index (χ0v) is 16.6. The summed E-state index contributed by atoms with van der Waals surface area (Å²) in [5, 5.41) is 6.28. The lowest BCUT2D eigenvalue weighted by Gasteiger charge is -2.33. The van der Waals surface area contributed by atoms with Crippen LogP contribution in [0.4, 0.5) is 17.5 Å². The fraction of sp³-hybridized carbons (Fsp3) is 0.500. The molecule has 0 spiro atoms. The number of hydrogen-bond acceptors (Lipinski definition) is 7. The van der Waals surface area contributed by atoms with Crippen LogP contribution in [-0.2, 0) is 0 Å². The Labute approximate surface area is 161 Å². The summed E-state index contributed by atoms with van der Waals surface area (Å²) in [4.78, 5) is 11.3. The first-order chi connectivity index (χ1) is 13.1. The van der Waals surface area contributed by atoms with Crippen LogP contribution in [0.25, 0.3) is 0 Å². The molecule has 0 saturated carbocycles. The van der Waals surface area contributed by atoms with Crippen LogP contribution in [0.5, 0.6) is 11.5 Å². The van der Waals surface area contributed by atoms with Gasteiger partial charge in [-0.25, -0.2) is 4.98 Å².